The number of carbonyl (C=O) groups is 2. The highest BCUT2D eigenvalue weighted by atomic mass is 32.1. The third-order valence-electron chi connectivity index (χ3n) is 4.72. The second kappa shape index (κ2) is 6.96. The number of fused-ring (bicyclic) bond motifs is 2. The Kier molecular flexibility index (Phi) is 4.49. The number of anilines is 1. The number of ether oxygens (including phenoxy) is 1. The number of methoxy groups -OCH3 is 1. The quantitative estimate of drug-likeness (QED) is 0.750. The molecule has 7 nitrogen and oxygen atoms in total. The molecule has 138 valence electrons. The van der Waals surface area contributed by atoms with Crippen molar-refractivity contribution in [3.05, 3.63) is 47.5 Å². The molecular formula is C19H18N4O3S. The van der Waals surface area contributed by atoms with Gasteiger partial charge in [-0.3, -0.25) is 9.59 Å². The number of likely N-dealkylation sites (N-methyl/N-ethyl adjacent to an activating group) is 1. The van der Waals surface area contributed by atoms with Crippen LogP contribution in [0.25, 0.3) is 11.0 Å². The second-order valence-corrected chi connectivity index (χ2v) is 7.04. The minimum absolute atomic E-state index is 0.101. The minimum atomic E-state index is -0.529. The van der Waals surface area contributed by atoms with E-state index >= 15 is 0 Å². The van der Waals surface area contributed by atoms with E-state index in [4.69, 9.17) is 4.74 Å². The molecule has 0 radical (unpaired) electrons. The number of nitrogens with zero attached hydrogens (tertiary/aromatic N) is 3. The summed E-state index contributed by atoms with van der Waals surface area (Å²) < 4.78 is 13.8. The average molecular weight is 382 g/mol. The lowest BCUT2D eigenvalue weighted by molar-refractivity contribution is -0.134. The number of rotatable bonds is 4. The first-order valence-corrected chi connectivity index (χ1v) is 9.23. The van der Waals surface area contributed by atoms with Gasteiger partial charge < -0.3 is 15.0 Å². The van der Waals surface area contributed by atoms with Crippen molar-refractivity contribution in [1.82, 2.24) is 13.6 Å². The van der Waals surface area contributed by atoms with Crippen LogP contribution in [0.2, 0.25) is 0 Å². The zero-order valence-electron chi connectivity index (χ0n) is 14.9. The lowest BCUT2D eigenvalue weighted by Gasteiger charge is -2.29. The number of nitrogens with one attached hydrogen (secondary N) is 1. The fraction of sp³-hybridized carbons (Fsp3) is 0.263. The maximum atomic E-state index is 13.1. The fourth-order valence-electron chi connectivity index (χ4n) is 3.39. The molecule has 2 heterocycles. The van der Waals surface area contributed by atoms with Crippen LogP contribution < -0.4 is 10.1 Å². The van der Waals surface area contributed by atoms with Crippen LogP contribution in [0, 0.1) is 0 Å². The van der Waals surface area contributed by atoms with Crippen LogP contribution in [0.15, 0.2) is 36.4 Å². The number of aromatic nitrogens is 2. The lowest BCUT2D eigenvalue weighted by atomic mass is 9.89. The summed E-state index contributed by atoms with van der Waals surface area (Å²) in [5.74, 6) is -0.259. The van der Waals surface area contributed by atoms with E-state index < -0.39 is 5.92 Å². The fourth-order valence-corrected chi connectivity index (χ4v) is 3.91. The minimum Gasteiger partial charge on any atom is -0.495 e. The van der Waals surface area contributed by atoms with E-state index in [1.165, 1.54) is 11.7 Å². The van der Waals surface area contributed by atoms with Crippen molar-refractivity contribution in [2.24, 2.45) is 0 Å². The first kappa shape index (κ1) is 17.4. The van der Waals surface area contributed by atoms with Crippen LogP contribution in [0.3, 0.4) is 0 Å². The number of hydrogen-bond donors (Lipinski definition) is 1. The van der Waals surface area contributed by atoms with E-state index in [1.54, 1.807) is 25.1 Å². The summed E-state index contributed by atoms with van der Waals surface area (Å²) in [5.41, 5.74) is 4.01. The highest BCUT2D eigenvalue weighted by Gasteiger charge is 2.34. The molecule has 3 aromatic rings. The molecule has 4 rings (SSSR count). The van der Waals surface area contributed by atoms with Gasteiger partial charge in [-0.1, -0.05) is 18.2 Å². The maximum Gasteiger partial charge on any atom is 0.230 e. The number of hydrogen-bond acceptors (Lipinski definition) is 6. The predicted octanol–water partition coefficient (Wildman–Crippen LogP) is 2.78. The highest BCUT2D eigenvalue weighted by Crippen LogP contribution is 2.39. The Morgan fingerprint density at radius 1 is 1.30 bits per heavy atom. The summed E-state index contributed by atoms with van der Waals surface area (Å²) in [6, 6.07) is 11.2. The molecule has 1 N–H and O–H groups in total. The molecule has 2 aromatic carbocycles. The summed E-state index contributed by atoms with van der Waals surface area (Å²) in [5, 5.41) is 2.82. The monoisotopic (exact) mass is 382 g/mol. The number of benzene rings is 2. The molecule has 0 saturated carbocycles. The Morgan fingerprint density at radius 2 is 2.11 bits per heavy atom. The van der Waals surface area contributed by atoms with Crippen molar-refractivity contribution < 1.29 is 14.3 Å². The van der Waals surface area contributed by atoms with Gasteiger partial charge in [0.05, 0.1) is 30.4 Å². The second-order valence-electron chi connectivity index (χ2n) is 6.51. The summed E-state index contributed by atoms with van der Waals surface area (Å²) in [7, 11) is 3.29. The normalized spacial score (nSPS) is 15.9. The molecule has 0 bridgehead atoms. The molecule has 0 fully saturated rings. The maximum absolute atomic E-state index is 13.1. The highest BCUT2D eigenvalue weighted by molar-refractivity contribution is 7.00. The number of amides is 2. The van der Waals surface area contributed by atoms with Crippen LogP contribution in [0.4, 0.5) is 5.69 Å². The molecule has 27 heavy (non-hydrogen) atoms. The van der Waals surface area contributed by atoms with Gasteiger partial charge in [0.15, 0.2) is 0 Å². The van der Waals surface area contributed by atoms with Crippen molar-refractivity contribution in [2.75, 3.05) is 19.5 Å². The van der Waals surface area contributed by atoms with Crippen molar-refractivity contribution in [3.63, 3.8) is 0 Å². The standard InChI is InChI=1S/C19H18N4O3S/c1-23(10-11-6-7-14-15(8-11)22-27-21-14)19(25)13-9-17(24)20-18-12(13)4-3-5-16(18)26-2/h3-8,13H,9-10H2,1-2H3,(H,20,24)/t13-/m1/s1. The molecule has 0 aliphatic carbocycles. The van der Waals surface area contributed by atoms with Gasteiger partial charge in [0, 0.05) is 20.0 Å². The van der Waals surface area contributed by atoms with Crippen LogP contribution in [0.1, 0.15) is 23.5 Å². The molecule has 0 spiro atoms. The first-order valence-electron chi connectivity index (χ1n) is 8.49. The molecule has 1 aliphatic heterocycles. The number of carbonyl (C=O) groups excluding carboxylic acids is 2. The Bertz CT molecular complexity index is 1030. The Hall–Kier alpha value is -3.00. The van der Waals surface area contributed by atoms with E-state index in [2.05, 4.69) is 14.1 Å². The topological polar surface area (TPSA) is 84.4 Å². The Morgan fingerprint density at radius 3 is 2.93 bits per heavy atom. The van der Waals surface area contributed by atoms with Gasteiger partial charge in [-0.05, 0) is 29.3 Å². The molecule has 2 amide bonds. The van der Waals surface area contributed by atoms with Gasteiger partial charge in [0.2, 0.25) is 11.8 Å². The van der Waals surface area contributed by atoms with Gasteiger partial charge in [0.1, 0.15) is 16.8 Å². The Labute approximate surface area is 160 Å². The van der Waals surface area contributed by atoms with Crippen LogP contribution in [-0.4, -0.2) is 39.6 Å². The molecule has 1 aromatic heterocycles. The molecular weight excluding hydrogens is 364 g/mol. The van der Waals surface area contributed by atoms with Gasteiger partial charge in [-0.2, -0.15) is 8.75 Å². The largest absolute Gasteiger partial charge is 0.495 e. The van der Waals surface area contributed by atoms with Crippen molar-refractivity contribution in [3.8, 4) is 5.75 Å². The van der Waals surface area contributed by atoms with Crippen LogP contribution in [-0.2, 0) is 16.1 Å². The first-order chi connectivity index (χ1) is 13.1. The zero-order chi connectivity index (χ0) is 19.0. The Balaban J connectivity index is 1.59. The van der Waals surface area contributed by atoms with E-state index in [0.717, 1.165) is 22.2 Å². The van der Waals surface area contributed by atoms with E-state index in [1.807, 2.05) is 30.3 Å². The van der Waals surface area contributed by atoms with Gasteiger partial charge in [0.25, 0.3) is 0 Å². The van der Waals surface area contributed by atoms with Gasteiger partial charge >= 0.3 is 0 Å². The predicted molar refractivity (Wildman–Crippen MR) is 103 cm³/mol. The smallest absolute Gasteiger partial charge is 0.230 e. The molecule has 1 aliphatic rings. The zero-order valence-corrected chi connectivity index (χ0v) is 15.7. The number of para-hydroxylation sites is 1. The molecule has 1 atom stereocenters. The van der Waals surface area contributed by atoms with Crippen molar-refractivity contribution in [1.29, 1.82) is 0 Å². The third kappa shape index (κ3) is 3.23. The van der Waals surface area contributed by atoms with Crippen LogP contribution >= 0.6 is 11.7 Å². The summed E-state index contributed by atoms with van der Waals surface area (Å²) in [6.45, 7) is 0.434. The third-order valence-corrected chi connectivity index (χ3v) is 5.28. The SMILES string of the molecule is COc1cccc2c1NC(=O)C[C@H]2C(=O)N(C)Cc1ccc2nsnc2c1. The van der Waals surface area contributed by atoms with Crippen molar-refractivity contribution in [2.45, 2.75) is 18.9 Å². The summed E-state index contributed by atoms with van der Waals surface area (Å²) >= 11 is 1.17. The molecule has 8 heteroatoms. The molecule has 0 unspecified atom stereocenters. The van der Waals surface area contributed by atoms with Gasteiger partial charge in [-0.15, -0.1) is 0 Å². The average Bonchev–Trinajstić information content (AvgIpc) is 3.14. The molecule has 0 saturated heterocycles. The van der Waals surface area contributed by atoms with E-state index in [0.29, 0.717) is 18.0 Å². The lowest BCUT2D eigenvalue weighted by Crippen LogP contribution is -2.36. The summed E-state index contributed by atoms with van der Waals surface area (Å²) in [6.07, 6.45) is 0.123. The van der Waals surface area contributed by atoms with Crippen LogP contribution in [0.5, 0.6) is 5.75 Å². The summed E-state index contributed by atoms with van der Waals surface area (Å²) in [4.78, 5) is 26.9. The van der Waals surface area contributed by atoms with E-state index in [9.17, 15) is 9.59 Å². The van der Waals surface area contributed by atoms with Gasteiger partial charge in [-0.25, -0.2) is 0 Å². The van der Waals surface area contributed by atoms with E-state index in [-0.39, 0.29) is 18.2 Å². The van der Waals surface area contributed by atoms with Crippen molar-refractivity contribution >= 4 is 40.3 Å².